The van der Waals surface area contributed by atoms with E-state index in [0.29, 0.717) is 6.29 Å². The van der Waals surface area contributed by atoms with Crippen molar-refractivity contribution in [3.8, 4) is 5.75 Å². The average Bonchev–Trinajstić information content (AvgIpc) is 2.24. The topological polar surface area (TPSA) is 63.6 Å². The molecule has 1 N–H and O–H groups in total. The lowest BCUT2D eigenvalue weighted by atomic mass is 10.1. The second-order valence-corrected chi connectivity index (χ2v) is 3.13. The summed E-state index contributed by atoms with van der Waals surface area (Å²) >= 11 is 0. The van der Waals surface area contributed by atoms with E-state index in [2.05, 4.69) is 4.74 Å². The van der Waals surface area contributed by atoms with Crippen LogP contribution in [0.2, 0.25) is 0 Å². The highest BCUT2D eigenvalue weighted by atomic mass is 19.4. The molecule has 0 saturated carbocycles. The number of alkyl halides is 3. The third-order valence-electron chi connectivity index (χ3n) is 1.82. The molecule has 0 aliphatic rings. The van der Waals surface area contributed by atoms with E-state index < -0.39 is 18.1 Å². The predicted octanol–water partition coefficient (Wildman–Crippen LogP) is 2.50. The molecule has 0 radical (unpaired) electrons. The van der Waals surface area contributed by atoms with E-state index in [0.717, 1.165) is 30.4 Å². The molecule has 0 unspecified atom stereocenters. The van der Waals surface area contributed by atoms with Crippen molar-refractivity contribution >= 4 is 18.3 Å². The van der Waals surface area contributed by atoms with Crippen LogP contribution in [0.5, 0.6) is 5.75 Å². The van der Waals surface area contributed by atoms with Crippen LogP contribution in [0.1, 0.15) is 15.9 Å². The number of rotatable bonds is 4. The first-order valence-corrected chi connectivity index (χ1v) is 4.58. The summed E-state index contributed by atoms with van der Waals surface area (Å²) in [7, 11) is 0. The lowest BCUT2D eigenvalue weighted by Crippen LogP contribution is -2.17. The van der Waals surface area contributed by atoms with E-state index in [1.54, 1.807) is 0 Å². The minimum absolute atomic E-state index is 0.103. The lowest BCUT2D eigenvalue weighted by molar-refractivity contribution is -0.274. The molecule has 0 saturated heterocycles. The smallest absolute Gasteiger partial charge is 0.478 e. The number of carbonyl (C=O) groups is 2. The summed E-state index contributed by atoms with van der Waals surface area (Å²) in [6.45, 7) is 0. The second kappa shape index (κ2) is 5.35. The normalized spacial score (nSPS) is 11.5. The number of carbonyl (C=O) groups excluding carboxylic acids is 1. The van der Waals surface area contributed by atoms with Crippen LogP contribution in [-0.4, -0.2) is 23.7 Å². The summed E-state index contributed by atoms with van der Waals surface area (Å²) < 4.78 is 39.4. The van der Waals surface area contributed by atoms with Crippen molar-refractivity contribution in [1.29, 1.82) is 0 Å². The molecule has 1 aromatic carbocycles. The third kappa shape index (κ3) is 4.28. The Morgan fingerprint density at radius 1 is 1.28 bits per heavy atom. The maximum Gasteiger partial charge on any atom is 0.573 e. The highest BCUT2D eigenvalue weighted by Gasteiger charge is 2.31. The van der Waals surface area contributed by atoms with E-state index in [4.69, 9.17) is 5.11 Å². The SMILES string of the molecule is O=Cc1cc(OC(F)(F)F)ccc1/C=C/C(=O)O. The first-order chi connectivity index (χ1) is 8.31. The van der Waals surface area contributed by atoms with Gasteiger partial charge in [0.15, 0.2) is 6.29 Å². The number of ether oxygens (including phenoxy) is 1. The van der Waals surface area contributed by atoms with Gasteiger partial charge in [-0.15, -0.1) is 13.2 Å². The van der Waals surface area contributed by atoms with Crippen molar-refractivity contribution < 1.29 is 32.6 Å². The van der Waals surface area contributed by atoms with Crippen molar-refractivity contribution in [2.75, 3.05) is 0 Å². The molecule has 1 rings (SSSR count). The molecule has 0 amide bonds. The Balaban J connectivity index is 3.04. The number of benzene rings is 1. The summed E-state index contributed by atoms with van der Waals surface area (Å²) in [4.78, 5) is 20.9. The fraction of sp³-hybridized carbons (Fsp3) is 0.0909. The van der Waals surface area contributed by atoms with Gasteiger partial charge >= 0.3 is 12.3 Å². The van der Waals surface area contributed by atoms with Crippen LogP contribution in [0, 0.1) is 0 Å². The Hall–Kier alpha value is -2.31. The van der Waals surface area contributed by atoms with Gasteiger partial charge in [-0.1, -0.05) is 6.07 Å². The van der Waals surface area contributed by atoms with Crippen molar-refractivity contribution in [3.05, 3.63) is 35.4 Å². The first kappa shape index (κ1) is 13.8. The second-order valence-electron chi connectivity index (χ2n) is 3.13. The molecular formula is C11H7F3O4. The minimum atomic E-state index is -4.85. The highest BCUT2D eigenvalue weighted by Crippen LogP contribution is 2.25. The zero-order valence-electron chi connectivity index (χ0n) is 8.77. The fourth-order valence-electron chi connectivity index (χ4n) is 1.16. The zero-order valence-corrected chi connectivity index (χ0v) is 8.77. The van der Waals surface area contributed by atoms with Gasteiger partial charge in [-0.25, -0.2) is 4.79 Å². The van der Waals surface area contributed by atoms with Crippen molar-refractivity contribution in [2.45, 2.75) is 6.36 Å². The molecule has 0 aliphatic carbocycles. The van der Waals surface area contributed by atoms with Crippen LogP contribution in [0.4, 0.5) is 13.2 Å². The molecule has 1 aromatic rings. The molecular weight excluding hydrogens is 253 g/mol. The molecule has 18 heavy (non-hydrogen) atoms. The average molecular weight is 260 g/mol. The van der Waals surface area contributed by atoms with Gasteiger partial charge in [-0.3, -0.25) is 4.79 Å². The monoisotopic (exact) mass is 260 g/mol. The van der Waals surface area contributed by atoms with Crippen LogP contribution >= 0.6 is 0 Å². The lowest BCUT2D eigenvalue weighted by Gasteiger charge is -2.09. The van der Waals surface area contributed by atoms with Gasteiger partial charge in [0.25, 0.3) is 0 Å². The summed E-state index contributed by atoms with van der Waals surface area (Å²) in [5, 5.41) is 8.40. The van der Waals surface area contributed by atoms with Crippen LogP contribution in [0.25, 0.3) is 6.08 Å². The van der Waals surface area contributed by atoms with E-state index in [1.807, 2.05) is 0 Å². The van der Waals surface area contributed by atoms with Gasteiger partial charge in [0, 0.05) is 11.6 Å². The molecule has 0 aromatic heterocycles. The van der Waals surface area contributed by atoms with E-state index >= 15 is 0 Å². The van der Waals surface area contributed by atoms with Gasteiger partial charge in [0.05, 0.1) is 0 Å². The first-order valence-electron chi connectivity index (χ1n) is 4.58. The molecule has 0 spiro atoms. The molecule has 4 nitrogen and oxygen atoms in total. The molecule has 96 valence electrons. The molecule has 0 bridgehead atoms. The van der Waals surface area contributed by atoms with Crippen LogP contribution in [0.3, 0.4) is 0 Å². The maximum atomic E-state index is 11.9. The zero-order chi connectivity index (χ0) is 13.8. The maximum absolute atomic E-state index is 11.9. The van der Waals surface area contributed by atoms with E-state index in [1.165, 1.54) is 0 Å². The molecule has 0 atom stereocenters. The summed E-state index contributed by atoms with van der Waals surface area (Å²) in [5.74, 6) is -1.78. The van der Waals surface area contributed by atoms with Crippen LogP contribution in [0.15, 0.2) is 24.3 Å². The summed E-state index contributed by atoms with van der Waals surface area (Å²) in [6, 6.07) is 3.02. The van der Waals surface area contributed by atoms with Crippen molar-refractivity contribution in [1.82, 2.24) is 0 Å². The fourth-order valence-corrected chi connectivity index (χ4v) is 1.16. The number of hydrogen-bond acceptors (Lipinski definition) is 3. The van der Waals surface area contributed by atoms with Gasteiger partial charge < -0.3 is 9.84 Å². The van der Waals surface area contributed by atoms with Crippen LogP contribution in [-0.2, 0) is 4.79 Å². The van der Waals surface area contributed by atoms with Gasteiger partial charge in [-0.05, 0) is 23.8 Å². The Bertz CT molecular complexity index is 492. The van der Waals surface area contributed by atoms with E-state index in [-0.39, 0.29) is 11.1 Å². The van der Waals surface area contributed by atoms with Crippen molar-refractivity contribution in [2.24, 2.45) is 0 Å². The van der Waals surface area contributed by atoms with Gasteiger partial charge in [0.1, 0.15) is 5.75 Å². The van der Waals surface area contributed by atoms with Gasteiger partial charge in [0.2, 0.25) is 0 Å². The molecule has 7 heteroatoms. The van der Waals surface area contributed by atoms with E-state index in [9.17, 15) is 22.8 Å². The Kier molecular flexibility index (Phi) is 4.09. The predicted molar refractivity (Wildman–Crippen MR) is 55.2 cm³/mol. The molecule has 0 heterocycles. The Morgan fingerprint density at radius 2 is 1.94 bits per heavy atom. The molecule has 0 aliphatic heterocycles. The van der Waals surface area contributed by atoms with Crippen molar-refractivity contribution in [3.63, 3.8) is 0 Å². The largest absolute Gasteiger partial charge is 0.573 e. The van der Waals surface area contributed by atoms with Crippen LogP contribution < -0.4 is 4.74 Å². The van der Waals surface area contributed by atoms with Gasteiger partial charge in [-0.2, -0.15) is 0 Å². The summed E-state index contributed by atoms with van der Waals surface area (Å²) in [6.07, 6.45) is -2.67. The standard InChI is InChI=1S/C11H7F3O4/c12-11(13,14)18-9-3-1-7(2-4-10(16)17)8(5-9)6-15/h1-6H,(H,16,17)/b4-2+. The Labute approximate surface area is 99.3 Å². The summed E-state index contributed by atoms with van der Waals surface area (Å²) in [5.41, 5.74) is 0.0798. The minimum Gasteiger partial charge on any atom is -0.478 e. The number of hydrogen-bond donors (Lipinski definition) is 1. The third-order valence-corrected chi connectivity index (χ3v) is 1.82. The number of carboxylic acids is 1. The Morgan fingerprint density at radius 3 is 2.44 bits per heavy atom. The number of aliphatic carboxylic acids is 1. The molecule has 0 fully saturated rings. The number of halogens is 3. The number of aldehydes is 1. The highest BCUT2D eigenvalue weighted by molar-refractivity contribution is 5.89. The quantitative estimate of drug-likeness (QED) is 0.667. The number of carboxylic acid groups (broad SMARTS) is 1.